The zero-order chi connectivity index (χ0) is 16.8. The maximum atomic E-state index is 13.2. The van der Waals surface area contributed by atoms with E-state index in [2.05, 4.69) is 10.1 Å². The molecule has 1 atom stereocenters. The molecular weight excluding hydrogens is 315 g/mol. The van der Waals surface area contributed by atoms with Crippen LogP contribution < -0.4 is 5.73 Å². The van der Waals surface area contributed by atoms with Gasteiger partial charge >= 0.3 is 0 Å². The number of hydrogen-bond acceptors (Lipinski definition) is 4. The fourth-order valence-electron chi connectivity index (χ4n) is 2.32. The van der Waals surface area contributed by atoms with E-state index in [4.69, 9.17) is 5.73 Å². The van der Waals surface area contributed by atoms with E-state index in [0.29, 0.717) is 10.5 Å². The lowest BCUT2D eigenvalue weighted by Crippen LogP contribution is -2.21. The van der Waals surface area contributed by atoms with Gasteiger partial charge < -0.3 is 5.73 Å². The molecule has 2 N–H and O–H groups in total. The standard InChI is InChI=1S/C16H17FN4OS/c1-16(2,3)23(22)10-6-7-21-13(8-10)12(9-19-21)11-4-5-14(17)20-15(11)18/h4-9H,1-3H3,(H2,18,20). The molecule has 1 unspecified atom stereocenters. The molecule has 3 heterocycles. The first-order valence-corrected chi connectivity index (χ1v) is 8.24. The predicted octanol–water partition coefficient (Wildman–Crippen LogP) is 3.02. The van der Waals surface area contributed by atoms with Crippen LogP contribution in [-0.2, 0) is 10.8 Å². The lowest BCUT2D eigenvalue weighted by molar-refractivity contribution is 0.586. The zero-order valence-corrected chi connectivity index (χ0v) is 13.9. The Morgan fingerprint density at radius 2 is 1.96 bits per heavy atom. The van der Waals surface area contributed by atoms with Crippen LogP contribution in [0.2, 0.25) is 0 Å². The first-order chi connectivity index (χ1) is 10.8. The van der Waals surface area contributed by atoms with Crippen LogP contribution in [0.1, 0.15) is 20.8 Å². The van der Waals surface area contributed by atoms with Crippen molar-refractivity contribution in [1.82, 2.24) is 14.6 Å². The van der Waals surface area contributed by atoms with E-state index < -0.39 is 16.7 Å². The Kier molecular flexibility index (Phi) is 3.68. The van der Waals surface area contributed by atoms with E-state index in [9.17, 15) is 8.60 Å². The molecule has 0 aromatic carbocycles. The minimum absolute atomic E-state index is 0.0993. The predicted molar refractivity (Wildman–Crippen MR) is 89.0 cm³/mol. The number of rotatable bonds is 2. The quantitative estimate of drug-likeness (QED) is 0.732. The topological polar surface area (TPSA) is 73.3 Å². The molecule has 3 aromatic rings. The van der Waals surface area contributed by atoms with Crippen LogP contribution in [-0.4, -0.2) is 23.6 Å². The van der Waals surface area contributed by atoms with E-state index in [-0.39, 0.29) is 10.6 Å². The summed E-state index contributed by atoms with van der Waals surface area (Å²) in [5, 5.41) is 4.26. The average Bonchev–Trinajstić information content (AvgIpc) is 2.88. The average molecular weight is 332 g/mol. The van der Waals surface area contributed by atoms with Crippen molar-refractivity contribution in [2.75, 3.05) is 5.73 Å². The molecule has 0 fully saturated rings. The van der Waals surface area contributed by atoms with Gasteiger partial charge in [0.1, 0.15) is 5.82 Å². The second-order valence-corrected chi connectivity index (χ2v) is 8.43. The molecule has 3 aromatic heterocycles. The molecule has 0 aliphatic carbocycles. The highest BCUT2D eigenvalue weighted by atomic mass is 32.2. The van der Waals surface area contributed by atoms with Gasteiger partial charge in [0.2, 0.25) is 5.95 Å². The summed E-state index contributed by atoms with van der Waals surface area (Å²) in [5.74, 6) is -0.528. The third-order valence-electron chi connectivity index (χ3n) is 3.44. The van der Waals surface area contributed by atoms with Gasteiger partial charge in [-0.15, -0.1) is 0 Å². The minimum atomic E-state index is -1.16. The SMILES string of the molecule is CC(C)(C)S(=O)c1ccn2ncc(-c3ccc(F)nc3N)c2c1. The third-order valence-corrected chi connectivity index (χ3v) is 5.24. The van der Waals surface area contributed by atoms with E-state index in [1.54, 1.807) is 29.0 Å². The molecule has 7 heteroatoms. The number of hydrogen-bond donors (Lipinski definition) is 1. The number of nitrogens with zero attached hydrogens (tertiary/aromatic N) is 3. The Morgan fingerprint density at radius 1 is 1.22 bits per heavy atom. The van der Waals surface area contributed by atoms with E-state index in [1.165, 1.54) is 6.07 Å². The summed E-state index contributed by atoms with van der Waals surface area (Å²) >= 11 is 0. The van der Waals surface area contributed by atoms with Gasteiger partial charge in [0, 0.05) is 27.0 Å². The summed E-state index contributed by atoms with van der Waals surface area (Å²) in [5.41, 5.74) is 7.89. The second-order valence-electron chi connectivity index (χ2n) is 6.20. The summed E-state index contributed by atoms with van der Waals surface area (Å²) in [4.78, 5) is 4.36. The molecule has 23 heavy (non-hydrogen) atoms. The van der Waals surface area contributed by atoms with Gasteiger partial charge in [-0.25, -0.2) is 9.50 Å². The molecular formula is C16H17FN4OS. The summed E-state index contributed by atoms with van der Waals surface area (Å²) in [7, 11) is -1.16. The van der Waals surface area contributed by atoms with Gasteiger partial charge in [0.05, 0.1) is 22.5 Å². The van der Waals surface area contributed by atoms with Gasteiger partial charge in [-0.1, -0.05) is 0 Å². The highest BCUT2D eigenvalue weighted by Gasteiger charge is 2.22. The maximum absolute atomic E-state index is 13.2. The lowest BCUT2D eigenvalue weighted by Gasteiger charge is -2.17. The summed E-state index contributed by atoms with van der Waals surface area (Å²) in [6, 6.07) is 6.44. The van der Waals surface area contributed by atoms with Crippen molar-refractivity contribution >= 4 is 22.1 Å². The van der Waals surface area contributed by atoms with Crippen LogP contribution >= 0.6 is 0 Å². The highest BCUT2D eigenvalue weighted by molar-refractivity contribution is 7.86. The highest BCUT2D eigenvalue weighted by Crippen LogP contribution is 2.30. The first-order valence-electron chi connectivity index (χ1n) is 7.09. The Morgan fingerprint density at radius 3 is 2.61 bits per heavy atom. The Labute approximate surface area is 135 Å². The summed E-state index contributed by atoms with van der Waals surface area (Å²) < 4.78 is 27.0. The van der Waals surface area contributed by atoms with E-state index >= 15 is 0 Å². The first kappa shape index (κ1) is 15.6. The molecule has 0 aliphatic heterocycles. The van der Waals surface area contributed by atoms with Crippen LogP contribution in [0.4, 0.5) is 10.2 Å². The fraction of sp³-hybridized carbons (Fsp3) is 0.250. The minimum Gasteiger partial charge on any atom is -0.383 e. The largest absolute Gasteiger partial charge is 0.383 e. The number of nitrogen functional groups attached to an aromatic ring is 1. The van der Waals surface area contributed by atoms with Crippen molar-refractivity contribution < 1.29 is 8.60 Å². The monoisotopic (exact) mass is 332 g/mol. The molecule has 120 valence electrons. The van der Waals surface area contributed by atoms with Gasteiger partial charge in [-0.3, -0.25) is 4.21 Å². The van der Waals surface area contributed by atoms with Crippen molar-refractivity contribution in [2.45, 2.75) is 30.4 Å². The van der Waals surface area contributed by atoms with E-state index in [1.807, 2.05) is 26.8 Å². The molecule has 0 spiro atoms. The number of halogens is 1. The van der Waals surface area contributed by atoms with Crippen molar-refractivity contribution in [3.05, 3.63) is 42.6 Å². The van der Waals surface area contributed by atoms with E-state index in [0.717, 1.165) is 11.1 Å². The van der Waals surface area contributed by atoms with Crippen molar-refractivity contribution in [3.63, 3.8) is 0 Å². The van der Waals surface area contributed by atoms with Crippen LogP contribution in [0.15, 0.2) is 41.6 Å². The molecule has 0 saturated heterocycles. The van der Waals surface area contributed by atoms with Crippen LogP contribution in [0.3, 0.4) is 0 Å². The van der Waals surface area contributed by atoms with Gasteiger partial charge in [0.15, 0.2) is 0 Å². The van der Waals surface area contributed by atoms with Crippen LogP contribution in [0, 0.1) is 5.95 Å². The number of nitrogens with two attached hydrogens (primary N) is 1. The Balaban J connectivity index is 2.18. The van der Waals surface area contributed by atoms with Gasteiger partial charge in [-0.05, 0) is 45.0 Å². The normalized spacial score (nSPS) is 13.4. The molecule has 0 saturated carbocycles. The van der Waals surface area contributed by atoms with Gasteiger partial charge in [0.25, 0.3) is 0 Å². The Bertz CT molecular complexity index is 914. The number of anilines is 1. The van der Waals surface area contributed by atoms with Crippen LogP contribution in [0.25, 0.3) is 16.6 Å². The summed E-state index contributed by atoms with van der Waals surface area (Å²) in [6.07, 6.45) is 3.40. The third kappa shape index (κ3) is 2.84. The fourth-order valence-corrected chi connectivity index (χ4v) is 3.43. The molecule has 5 nitrogen and oxygen atoms in total. The number of pyridine rings is 2. The van der Waals surface area contributed by atoms with Gasteiger partial charge in [-0.2, -0.15) is 9.49 Å². The smallest absolute Gasteiger partial charge is 0.214 e. The number of fused-ring (bicyclic) bond motifs is 1. The van der Waals surface area contributed by atoms with Crippen molar-refractivity contribution in [3.8, 4) is 11.1 Å². The second kappa shape index (κ2) is 5.42. The molecule has 3 rings (SSSR count). The number of aromatic nitrogens is 3. The van der Waals surface area contributed by atoms with Crippen molar-refractivity contribution in [1.29, 1.82) is 0 Å². The molecule has 0 bridgehead atoms. The zero-order valence-electron chi connectivity index (χ0n) is 13.1. The lowest BCUT2D eigenvalue weighted by atomic mass is 10.1. The maximum Gasteiger partial charge on any atom is 0.214 e. The molecule has 0 amide bonds. The van der Waals surface area contributed by atoms with Crippen LogP contribution in [0.5, 0.6) is 0 Å². The van der Waals surface area contributed by atoms with Crippen molar-refractivity contribution in [2.24, 2.45) is 0 Å². The summed E-state index contributed by atoms with van der Waals surface area (Å²) in [6.45, 7) is 5.77. The Hall–Kier alpha value is -2.28. The molecule has 0 radical (unpaired) electrons. The molecule has 0 aliphatic rings.